The van der Waals surface area contributed by atoms with Gasteiger partial charge >= 0.3 is 0 Å². The van der Waals surface area contributed by atoms with Gasteiger partial charge < -0.3 is 9.80 Å². The first-order chi connectivity index (χ1) is 12.5. The zero-order valence-corrected chi connectivity index (χ0v) is 15.8. The van der Waals surface area contributed by atoms with Crippen LogP contribution < -0.4 is 4.90 Å². The Morgan fingerprint density at radius 1 is 1.08 bits per heavy atom. The molecule has 1 aromatic carbocycles. The number of halogens is 1. The Morgan fingerprint density at radius 3 is 2.31 bits per heavy atom. The van der Waals surface area contributed by atoms with Crippen LogP contribution in [0.1, 0.15) is 34.6 Å². The highest BCUT2D eigenvalue weighted by atomic mass is 35.5. The number of hydrogen-bond acceptors (Lipinski definition) is 4. The Kier molecular flexibility index (Phi) is 5.61. The van der Waals surface area contributed by atoms with E-state index in [1.807, 2.05) is 18.7 Å². The minimum atomic E-state index is -0.0294. The van der Waals surface area contributed by atoms with E-state index in [1.165, 1.54) is 0 Å². The molecule has 1 fully saturated rings. The molecule has 0 atom stereocenters. The molecule has 26 heavy (non-hydrogen) atoms. The second-order valence-electron chi connectivity index (χ2n) is 6.58. The van der Waals surface area contributed by atoms with Gasteiger partial charge in [-0.05, 0) is 38.1 Å². The predicted octanol–water partition coefficient (Wildman–Crippen LogP) is 2.99. The quantitative estimate of drug-likeness (QED) is 0.817. The molecule has 1 aromatic heterocycles. The average Bonchev–Trinajstić information content (AvgIpc) is 2.98. The summed E-state index contributed by atoms with van der Waals surface area (Å²) in [6, 6.07) is 6.78. The van der Waals surface area contributed by atoms with Crippen molar-refractivity contribution in [1.82, 2.24) is 15.1 Å². The van der Waals surface area contributed by atoms with Crippen LogP contribution in [0.2, 0.25) is 5.02 Å². The van der Waals surface area contributed by atoms with Crippen molar-refractivity contribution >= 4 is 29.0 Å². The number of benzene rings is 1. The Morgan fingerprint density at radius 2 is 1.73 bits per heavy atom. The lowest BCUT2D eigenvalue weighted by atomic mass is 10.1. The van der Waals surface area contributed by atoms with Crippen molar-refractivity contribution in [3.05, 3.63) is 46.2 Å². The number of nitrogens with zero attached hydrogens (tertiary/aromatic N) is 3. The number of amides is 1. The van der Waals surface area contributed by atoms with Gasteiger partial charge in [-0.15, -0.1) is 0 Å². The van der Waals surface area contributed by atoms with Crippen LogP contribution in [-0.4, -0.2) is 53.0 Å². The van der Waals surface area contributed by atoms with Crippen LogP contribution in [0.4, 0.5) is 5.69 Å². The third-order valence-corrected chi connectivity index (χ3v) is 5.02. The second-order valence-corrected chi connectivity index (χ2v) is 7.02. The van der Waals surface area contributed by atoms with Crippen molar-refractivity contribution < 1.29 is 9.59 Å². The van der Waals surface area contributed by atoms with Gasteiger partial charge in [-0.3, -0.25) is 14.7 Å². The number of aryl methyl sites for hydroxylation is 2. The molecule has 0 bridgehead atoms. The number of hydrogen-bond donors (Lipinski definition) is 1. The Hall–Kier alpha value is -2.34. The number of piperazine rings is 1. The molecule has 0 unspecified atom stereocenters. The highest BCUT2D eigenvalue weighted by Gasteiger charge is 2.24. The first-order valence-corrected chi connectivity index (χ1v) is 9.16. The molecular formula is C19H23ClN4O2. The van der Waals surface area contributed by atoms with Gasteiger partial charge in [-0.2, -0.15) is 5.10 Å². The number of carbonyl (C=O) groups excluding carboxylic acids is 2. The van der Waals surface area contributed by atoms with Crippen molar-refractivity contribution in [3.8, 4) is 0 Å². The van der Waals surface area contributed by atoms with Crippen molar-refractivity contribution in [2.75, 3.05) is 31.1 Å². The fourth-order valence-electron chi connectivity index (χ4n) is 3.35. The standard InChI is InChI=1S/C19H23ClN4O2/c1-13-19(14(2)22-21-13)24-11-9-23(10-12-24)18(26)8-7-17(25)15-3-5-16(20)6-4-15/h3-6H,7-12H2,1-2H3,(H,21,22). The normalized spacial score (nSPS) is 14.6. The lowest BCUT2D eigenvalue weighted by Crippen LogP contribution is -2.49. The molecule has 138 valence electrons. The molecule has 7 heteroatoms. The highest BCUT2D eigenvalue weighted by molar-refractivity contribution is 6.30. The Balaban J connectivity index is 1.49. The smallest absolute Gasteiger partial charge is 0.223 e. The van der Waals surface area contributed by atoms with Crippen LogP contribution in [0, 0.1) is 13.8 Å². The van der Waals surface area contributed by atoms with Gasteiger partial charge in [0.25, 0.3) is 0 Å². The SMILES string of the molecule is Cc1n[nH]c(C)c1N1CCN(C(=O)CCC(=O)c2ccc(Cl)cc2)CC1. The second kappa shape index (κ2) is 7.91. The molecule has 1 aliphatic heterocycles. The molecule has 1 amide bonds. The minimum absolute atomic E-state index is 0.0294. The van der Waals surface area contributed by atoms with E-state index in [1.54, 1.807) is 24.3 Å². The Bertz CT molecular complexity index is 773. The maximum absolute atomic E-state index is 12.4. The largest absolute Gasteiger partial charge is 0.365 e. The molecule has 2 heterocycles. The number of ketones is 1. The number of nitrogens with one attached hydrogen (secondary N) is 1. The third kappa shape index (κ3) is 4.07. The summed E-state index contributed by atoms with van der Waals surface area (Å²) in [6.07, 6.45) is 0.464. The molecular weight excluding hydrogens is 352 g/mol. The molecule has 1 saturated heterocycles. The fourth-order valence-corrected chi connectivity index (χ4v) is 3.48. The lowest BCUT2D eigenvalue weighted by molar-refractivity contribution is -0.131. The average molecular weight is 375 g/mol. The fraction of sp³-hybridized carbons (Fsp3) is 0.421. The van der Waals surface area contributed by atoms with Gasteiger partial charge in [0, 0.05) is 49.6 Å². The predicted molar refractivity (Wildman–Crippen MR) is 102 cm³/mol. The van der Waals surface area contributed by atoms with Gasteiger partial charge in [-0.1, -0.05) is 11.6 Å². The number of aromatic amines is 1. The van der Waals surface area contributed by atoms with Crippen LogP contribution in [0.15, 0.2) is 24.3 Å². The summed E-state index contributed by atoms with van der Waals surface area (Å²) < 4.78 is 0. The van der Waals surface area contributed by atoms with Gasteiger partial charge in [-0.25, -0.2) is 0 Å². The summed E-state index contributed by atoms with van der Waals surface area (Å²) >= 11 is 5.83. The molecule has 1 aliphatic rings. The highest BCUT2D eigenvalue weighted by Crippen LogP contribution is 2.23. The minimum Gasteiger partial charge on any atom is -0.365 e. The van der Waals surface area contributed by atoms with Gasteiger partial charge in [0.15, 0.2) is 5.78 Å². The number of Topliss-reactive ketones (excluding diaryl/α,β-unsaturated/α-hetero) is 1. The van der Waals surface area contributed by atoms with Crippen molar-refractivity contribution in [2.24, 2.45) is 0 Å². The molecule has 0 spiro atoms. The summed E-state index contributed by atoms with van der Waals surface area (Å²) in [6.45, 7) is 6.88. The first-order valence-electron chi connectivity index (χ1n) is 8.79. The van der Waals surface area contributed by atoms with E-state index in [2.05, 4.69) is 15.1 Å². The topological polar surface area (TPSA) is 69.3 Å². The van der Waals surface area contributed by atoms with Gasteiger partial charge in [0.05, 0.1) is 17.1 Å². The number of H-pyrrole nitrogens is 1. The maximum atomic E-state index is 12.4. The van der Waals surface area contributed by atoms with Crippen molar-refractivity contribution in [3.63, 3.8) is 0 Å². The summed E-state index contributed by atoms with van der Waals surface area (Å²) in [4.78, 5) is 28.7. The van der Waals surface area contributed by atoms with E-state index in [9.17, 15) is 9.59 Å². The number of carbonyl (C=O) groups is 2. The van der Waals surface area contributed by atoms with Crippen LogP contribution in [-0.2, 0) is 4.79 Å². The van der Waals surface area contributed by atoms with E-state index < -0.39 is 0 Å². The van der Waals surface area contributed by atoms with Crippen LogP contribution >= 0.6 is 11.6 Å². The van der Waals surface area contributed by atoms with Gasteiger partial charge in [0.1, 0.15) is 0 Å². The van der Waals surface area contributed by atoms with Crippen molar-refractivity contribution in [1.29, 1.82) is 0 Å². The number of aromatic nitrogens is 2. The summed E-state index contributed by atoms with van der Waals surface area (Å²) in [5.74, 6) is 0.00546. The van der Waals surface area contributed by atoms with Crippen molar-refractivity contribution in [2.45, 2.75) is 26.7 Å². The van der Waals surface area contributed by atoms with E-state index in [0.29, 0.717) is 23.7 Å². The molecule has 0 saturated carbocycles. The number of anilines is 1. The molecule has 1 N–H and O–H groups in total. The zero-order chi connectivity index (χ0) is 18.7. The van der Waals surface area contributed by atoms with Crippen LogP contribution in [0.25, 0.3) is 0 Å². The van der Waals surface area contributed by atoms with E-state index in [4.69, 9.17) is 11.6 Å². The van der Waals surface area contributed by atoms with E-state index in [0.717, 1.165) is 30.2 Å². The first kappa shape index (κ1) is 18.5. The molecule has 0 radical (unpaired) electrons. The summed E-state index contributed by atoms with van der Waals surface area (Å²) in [5.41, 5.74) is 3.76. The molecule has 2 aromatic rings. The summed E-state index contributed by atoms with van der Waals surface area (Å²) in [5, 5.41) is 7.83. The molecule has 6 nitrogen and oxygen atoms in total. The Labute approximate surface area is 158 Å². The van der Waals surface area contributed by atoms with E-state index >= 15 is 0 Å². The van der Waals surface area contributed by atoms with Gasteiger partial charge in [0.2, 0.25) is 5.91 Å². The lowest BCUT2D eigenvalue weighted by Gasteiger charge is -2.36. The van der Waals surface area contributed by atoms with Crippen LogP contribution in [0.3, 0.4) is 0 Å². The monoisotopic (exact) mass is 374 g/mol. The molecule has 0 aliphatic carbocycles. The maximum Gasteiger partial charge on any atom is 0.223 e. The summed E-state index contributed by atoms with van der Waals surface area (Å²) in [7, 11) is 0. The third-order valence-electron chi connectivity index (χ3n) is 4.77. The number of rotatable bonds is 5. The van der Waals surface area contributed by atoms with E-state index in [-0.39, 0.29) is 24.5 Å². The van der Waals surface area contributed by atoms with Crippen LogP contribution in [0.5, 0.6) is 0 Å². The molecule has 3 rings (SSSR count). The zero-order valence-electron chi connectivity index (χ0n) is 15.1.